The van der Waals surface area contributed by atoms with Crippen LogP contribution in [0.15, 0.2) is 60.4 Å². The maximum Gasteiger partial charge on any atom is 0.303 e. The predicted molar refractivity (Wildman–Crippen MR) is 103 cm³/mol. The second kappa shape index (κ2) is 7.95. The van der Waals surface area contributed by atoms with Gasteiger partial charge >= 0.3 is 5.97 Å². The molecule has 0 heterocycles. The van der Waals surface area contributed by atoms with Crippen molar-refractivity contribution < 1.29 is 14.3 Å². The average Bonchev–Trinajstić information content (AvgIpc) is 2.63. The van der Waals surface area contributed by atoms with Gasteiger partial charge in [-0.1, -0.05) is 41.7 Å². The molecule has 4 heteroatoms. The van der Waals surface area contributed by atoms with Crippen LogP contribution in [-0.4, -0.2) is 13.1 Å². The van der Waals surface area contributed by atoms with Crippen molar-refractivity contribution in [1.82, 2.24) is 0 Å². The van der Waals surface area contributed by atoms with Gasteiger partial charge in [0, 0.05) is 34.2 Å². The molecule has 2 aromatic carbocycles. The highest BCUT2D eigenvalue weighted by Gasteiger charge is 2.24. The van der Waals surface area contributed by atoms with Gasteiger partial charge < -0.3 is 9.47 Å². The first-order chi connectivity index (χ1) is 12.6. The fourth-order valence-corrected chi connectivity index (χ4v) is 2.82. The van der Waals surface area contributed by atoms with Gasteiger partial charge in [-0.15, -0.1) is 0 Å². The lowest BCUT2D eigenvalue weighted by Crippen LogP contribution is -2.14. The van der Waals surface area contributed by atoms with Crippen LogP contribution in [0.3, 0.4) is 0 Å². The third-order valence-electron chi connectivity index (χ3n) is 3.86. The summed E-state index contributed by atoms with van der Waals surface area (Å²) in [5.41, 5.74) is 4.36. The smallest absolute Gasteiger partial charge is 0.303 e. The third-order valence-corrected chi connectivity index (χ3v) is 4.11. The molecule has 0 N–H and O–H groups in total. The molecule has 3 rings (SSSR count). The first-order valence-corrected chi connectivity index (χ1v) is 8.44. The molecule has 3 nitrogen and oxygen atoms in total. The Morgan fingerprint density at radius 3 is 2.46 bits per heavy atom. The second-order valence-electron chi connectivity index (χ2n) is 5.78. The quantitative estimate of drug-likeness (QED) is 0.432. The van der Waals surface area contributed by atoms with E-state index in [1.807, 2.05) is 54.6 Å². The van der Waals surface area contributed by atoms with Gasteiger partial charge in [-0.3, -0.25) is 4.79 Å². The molecule has 0 aliphatic heterocycles. The molecule has 1 unspecified atom stereocenters. The Kier molecular flexibility index (Phi) is 5.46. The summed E-state index contributed by atoms with van der Waals surface area (Å²) in [6.45, 7) is 1.40. The zero-order chi connectivity index (χ0) is 18.5. The Labute approximate surface area is 157 Å². The van der Waals surface area contributed by atoms with Gasteiger partial charge in [0.05, 0.1) is 13.4 Å². The summed E-state index contributed by atoms with van der Waals surface area (Å²) in [6, 6.07) is 13.2. The molecule has 1 aliphatic carbocycles. The summed E-state index contributed by atoms with van der Waals surface area (Å²) in [5.74, 6) is 5.91. The number of esters is 1. The highest BCUT2D eigenvalue weighted by molar-refractivity contribution is 6.30. The van der Waals surface area contributed by atoms with Crippen LogP contribution < -0.4 is 0 Å². The number of benzene rings is 2. The topological polar surface area (TPSA) is 35.5 Å². The van der Waals surface area contributed by atoms with Crippen molar-refractivity contribution in [2.75, 3.05) is 7.11 Å². The van der Waals surface area contributed by atoms with Gasteiger partial charge in [0.15, 0.2) is 6.10 Å². The molecule has 1 atom stereocenters. The van der Waals surface area contributed by atoms with E-state index in [4.69, 9.17) is 21.1 Å². The number of fused-ring (bicyclic) bond motifs is 1. The third kappa shape index (κ3) is 4.17. The van der Waals surface area contributed by atoms with E-state index in [0.717, 1.165) is 27.8 Å². The molecule has 0 radical (unpaired) electrons. The molecule has 0 amide bonds. The highest BCUT2D eigenvalue weighted by atomic mass is 35.5. The van der Waals surface area contributed by atoms with Crippen LogP contribution in [0.4, 0.5) is 0 Å². The maximum absolute atomic E-state index is 11.5. The molecule has 0 aromatic heterocycles. The predicted octanol–water partition coefficient (Wildman–Crippen LogP) is 4.90. The number of halogens is 1. The first-order valence-electron chi connectivity index (χ1n) is 8.06. The summed E-state index contributed by atoms with van der Waals surface area (Å²) in [4.78, 5) is 11.5. The fourth-order valence-electron chi connectivity index (χ4n) is 2.70. The van der Waals surface area contributed by atoms with E-state index >= 15 is 0 Å². The van der Waals surface area contributed by atoms with E-state index in [0.29, 0.717) is 5.02 Å². The highest BCUT2D eigenvalue weighted by Crippen LogP contribution is 2.35. The minimum absolute atomic E-state index is 0.351. The maximum atomic E-state index is 11.5. The van der Waals surface area contributed by atoms with Crippen LogP contribution in [0.25, 0.3) is 6.08 Å². The number of ether oxygens (including phenoxy) is 2. The van der Waals surface area contributed by atoms with Crippen molar-refractivity contribution in [3.8, 4) is 11.8 Å². The summed E-state index contributed by atoms with van der Waals surface area (Å²) in [7, 11) is 1.56. The van der Waals surface area contributed by atoms with Gasteiger partial charge in [0.1, 0.15) is 0 Å². The lowest BCUT2D eigenvalue weighted by Gasteiger charge is -2.24. The monoisotopic (exact) mass is 364 g/mol. The van der Waals surface area contributed by atoms with Crippen LogP contribution in [0, 0.1) is 11.8 Å². The van der Waals surface area contributed by atoms with Gasteiger partial charge in [0.2, 0.25) is 0 Å². The van der Waals surface area contributed by atoms with Crippen molar-refractivity contribution in [2.45, 2.75) is 13.0 Å². The van der Waals surface area contributed by atoms with Crippen molar-refractivity contribution in [3.63, 3.8) is 0 Å². The van der Waals surface area contributed by atoms with Crippen LogP contribution in [0.5, 0.6) is 0 Å². The molecular formula is C22H17ClO3. The van der Waals surface area contributed by atoms with Crippen LogP contribution in [0.2, 0.25) is 5.02 Å². The van der Waals surface area contributed by atoms with Crippen LogP contribution >= 0.6 is 11.6 Å². The molecule has 0 saturated carbocycles. The molecule has 0 fully saturated rings. The second-order valence-corrected chi connectivity index (χ2v) is 6.21. The van der Waals surface area contributed by atoms with Crippen molar-refractivity contribution in [3.05, 3.63) is 87.7 Å². The summed E-state index contributed by atoms with van der Waals surface area (Å²) in [6.07, 6.45) is 4.93. The van der Waals surface area contributed by atoms with Crippen molar-refractivity contribution in [2.24, 2.45) is 0 Å². The Balaban J connectivity index is 1.97. The van der Waals surface area contributed by atoms with Gasteiger partial charge in [-0.2, -0.15) is 0 Å². The van der Waals surface area contributed by atoms with E-state index < -0.39 is 6.10 Å². The number of hydrogen-bond acceptors (Lipinski definition) is 3. The number of methoxy groups -OCH3 is 1. The molecular weight excluding hydrogens is 348 g/mol. The Morgan fingerprint density at radius 2 is 1.77 bits per heavy atom. The molecule has 1 aliphatic rings. The van der Waals surface area contributed by atoms with E-state index in [1.165, 1.54) is 6.92 Å². The number of rotatable bonds is 2. The Bertz CT molecular complexity index is 944. The summed E-state index contributed by atoms with van der Waals surface area (Å²) in [5, 5.41) is 0.679. The van der Waals surface area contributed by atoms with Crippen molar-refractivity contribution in [1.29, 1.82) is 0 Å². The normalized spacial score (nSPS) is 16.4. The molecule has 0 saturated heterocycles. The van der Waals surface area contributed by atoms with Gasteiger partial charge in [-0.25, -0.2) is 0 Å². The lowest BCUT2D eigenvalue weighted by molar-refractivity contribution is -0.144. The van der Waals surface area contributed by atoms with E-state index in [1.54, 1.807) is 13.4 Å². The fraction of sp³-hybridized carbons (Fsp3) is 0.136. The Hall–Kier alpha value is -2.96. The number of carbonyl (C=O) groups is 1. The van der Waals surface area contributed by atoms with Crippen LogP contribution in [0.1, 0.15) is 35.3 Å². The Morgan fingerprint density at radius 1 is 1.08 bits per heavy atom. The first kappa shape index (κ1) is 17.8. The summed E-state index contributed by atoms with van der Waals surface area (Å²) >= 11 is 5.89. The van der Waals surface area contributed by atoms with E-state index in [-0.39, 0.29) is 5.97 Å². The average molecular weight is 365 g/mol. The number of hydrogen-bond donors (Lipinski definition) is 0. The minimum Gasteiger partial charge on any atom is -0.504 e. The van der Waals surface area contributed by atoms with Crippen molar-refractivity contribution >= 4 is 23.6 Å². The van der Waals surface area contributed by atoms with E-state index in [2.05, 4.69) is 11.8 Å². The summed E-state index contributed by atoms with van der Waals surface area (Å²) < 4.78 is 10.6. The zero-order valence-corrected chi connectivity index (χ0v) is 15.2. The molecule has 130 valence electrons. The van der Waals surface area contributed by atoms with Crippen LogP contribution in [-0.2, 0) is 14.3 Å². The van der Waals surface area contributed by atoms with Gasteiger partial charge in [-0.05, 0) is 42.0 Å². The molecule has 0 spiro atoms. The molecule has 2 aromatic rings. The lowest BCUT2D eigenvalue weighted by atomic mass is 9.90. The minimum atomic E-state index is -0.510. The van der Waals surface area contributed by atoms with E-state index in [9.17, 15) is 4.79 Å². The largest absolute Gasteiger partial charge is 0.504 e. The number of carbonyl (C=O) groups excluding carboxylic acids is 1. The molecule has 0 bridgehead atoms. The van der Waals surface area contributed by atoms with Gasteiger partial charge in [0.25, 0.3) is 0 Å². The SMILES string of the molecule is COC=C1C=Cc2ccc(C#Cc3ccc(Cl)cc3)cc2C1OC(C)=O. The zero-order valence-electron chi connectivity index (χ0n) is 14.5. The standard InChI is InChI=1S/C22H17ClO3/c1-15(24)26-22-19(14-25-2)10-9-18-8-5-17(13-21(18)22)4-3-16-6-11-20(23)12-7-16/h5-14,22H,1-2H3. The molecule has 26 heavy (non-hydrogen) atoms.